The Bertz CT molecular complexity index is 1000. The quantitative estimate of drug-likeness (QED) is 0.536. The highest BCUT2D eigenvalue weighted by Crippen LogP contribution is 2.71. The third-order valence-electron chi connectivity index (χ3n) is 5.66. The fourth-order valence-corrected chi connectivity index (χ4v) is 3.98. The minimum atomic E-state index is -0.0125. The van der Waals surface area contributed by atoms with E-state index in [9.17, 15) is 0 Å². The molecule has 1 unspecified atom stereocenters. The van der Waals surface area contributed by atoms with Crippen molar-refractivity contribution in [3.05, 3.63) is 119 Å². The van der Waals surface area contributed by atoms with E-state index in [0.29, 0.717) is 0 Å². The van der Waals surface area contributed by atoms with Crippen molar-refractivity contribution in [2.75, 3.05) is 0 Å². The van der Waals surface area contributed by atoms with Crippen molar-refractivity contribution in [2.45, 2.75) is 20.8 Å². The summed E-state index contributed by atoms with van der Waals surface area (Å²) in [7, 11) is 0. The first-order valence-corrected chi connectivity index (χ1v) is 9.10. The van der Waals surface area contributed by atoms with Gasteiger partial charge in [-0.2, -0.15) is 0 Å². The Morgan fingerprint density at radius 2 is 1.42 bits per heavy atom. The first-order chi connectivity index (χ1) is 12.4. The van der Waals surface area contributed by atoms with Gasteiger partial charge in [-0.1, -0.05) is 85.0 Å². The van der Waals surface area contributed by atoms with Gasteiger partial charge < -0.3 is 0 Å². The van der Waals surface area contributed by atoms with Crippen molar-refractivity contribution in [1.82, 2.24) is 0 Å². The molecular formula is C26H24. The summed E-state index contributed by atoms with van der Waals surface area (Å²) in [5, 5.41) is 0. The lowest BCUT2D eigenvalue weighted by Gasteiger charge is -2.13. The molecule has 0 radical (unpaired) electrons. The zero-order valence-electron chi connectivity index (χ0n) is 15.8. The third-order valence-corrected chi connectivity index (χ3v) is 5.66. The van der Waals surface area contributed by atoms with Crippen LogP contribution >= 0.6 is 0 Å². The van der Waals surface area contributed by atoms with Gasteiger partial charge in [-0.05, 0) is 65.8 Å². The summed E-state index contributed by atoms with van der Waals surface area (Å²) in [6, 6.07) is 17.7. The van der Waals surface area contributed by atoms with Crippen molar-refractivity contribution in [3.63, 3.8) is 0 Å². The van der Waals surface area contributed by atoms with Crippen LogP contribution in [0.4, 0.5) is 0 Å². The second-order valence-corrected chi connectivity index (χ2v) is 7.54. The van der Waals surface area contributed by atoms with Gasteiger partial charge in [0.15, 0.2) is 0 Å². The summed E-state index contributed by atoms with van der Waals surface area (Å²) < 4.78 is 0. The molecule has 1 fully saturated rings. The molecule has 0 saturated heterocycles. The molecule has 0 aliphatic heterocycles. The van der Waals surface area contributed by atoms with Crippen LogP contribution in [0.25, 0.3) is 11.1 Å². The van der Waals surface area contributed by atoms with Gasteiger partial charge >= 0.3 is 0 Å². The van der Waals surface area contributed by atoms with Crippen LogP contribution in [0.15, 0.2) is 96.6 Å². The first-order valence-electron chi connectivity index (χ1n) is 9.10. The molecule has 0 heterocycles. The maximum Gasteiger partial charge on any atom is 0.0442 e. The highest BCUT2D eigenvalue weighted by Gasteiger charge is 2.58. The van der Waals surface area contributed by atoms with Crippen molar-refractivity contribution in [1.29, 1.82) is 0 Å². The molecule has 1 saturated carbocycles. The van der Waals surface area contributed by atoms with Gasteiger partial charge in [-0.15, -0.1) is 0 Å². The lowest BCUT2D eigenvalue weighted by atomic mass is 9.90. The molecule has 0 heteroatoms. The Morgan fingerprint density at radius 3 is 1.96 bits per heavy atom. The third kappa shape index (κ3) is 2.45. The number of fused-ring (bicyclic) bond motifs is 1. The zero-order chi connectivity index (χ0) is 18.5. The summed E-state index contributed by atoms with van der Waals surface area (Å²) in [5.74, 6) is 0. The Morgan fingerprint density at radius 1 is 0.885 bits per heavy atom. The molecule has 26 heavy (non-hydrogen) atoms. The van der Waals surface area contributed by atoms with E-state index < -0.39 is 0 Å². The van der Waals surface area contributed by atoms with Crippen molar-refractivity contribution >= 4 is 11.1 Å². The smallest absolute Gasteiger partial charge is 0.0442 e. The Balaban J connectivity index is 1.87. The summed E-state index contributed by atoms with van der Waals surface area (Å²) in [4.78, 5) is 0. The SMILES string of the molecule is C=CC(=C)/C=C1/C2=C(c3ccc(C)cc3)C=C(c3ccc(C)cc3)C21C. The summed E-state index contributed by atoms with van der Waals surface area (Å²) in [5.41, 5.74) is 11.6. The number of benzene rings is 2. The number of hydrogen-bond acceptors (Lipinski definition) is 0. The van der Waals surface area contributed by atoms with Crippen LogP contribution < -0.4 is 0 Å². The molecule has 0 N–H and O–H groups in total. The predicted molar refractivity (Wildman–Crippen MR) is 113 cm³/mol. The average Bonchev–Trinajstić information content (AvgIpc) is 3.07. The second-order valence-electron chi connectivity index (χ2n) is 7.54. The van der Waals surface area contributed by atoms with Crippen LogP contribution in [0.1, 0.15) is 29.2 Å². The van der Waals surface area contributed by atoms with E-state index in [4.69, 9.17) is 0 Å². The molecule has 2 aromatic rings. The summed E-state index contributed by atoms with van der Waals surface area (Å²) >= 11 is 0. The number of rotatable bonds is 4. The molecule has 0 aromatic heterocycles. The van der Waals surface area contributed by atoms with E-state index >= 15 is 0 Å². The van der Waals surface area contributed by atoms with Gasteiger partial charge in [0.05, 0.1) is 0 Å². The molecule has 2 aliphatic rings. The Hall–Kier alpha value is -2.86. The van der Waals surface area contributed by atoms with E-state index in [1.54, 1.807) is 0 Å². The monoisotopic (exact) mass is 336 g/mol. The minimum absolute atomic E-state index is 0.0125. The lowest BCUT2D eigenvalue weighted by molar-refractivity contribution is 0.879. The topological polar surface area (TPSA) is 0 Å². The summed E-state index contributed by atoms with van der Waals surface area (Å²) in [6.45, 7) is 14.5. The molecule has 0 amide bonds. The van der Waals surface area contributed by atoms with E-state index in [1.807, 2.05) is 6.08 Å². The van der Waals surface area contributed by atoms with Gasteiger partial charge in [-0.25, -0.2) is 0 Å². The maximum absolute atomic E-state index is 4.09. The van der Waals surface area contributed by atoms with Gasteiger partial charge in [0.25, 0.3) is 0 Å². The number of allylic oxidation sites excluding steroid dienone is 8. The van der Waals surface area contributed by atoms with Crippen LogP contribution in [-0.2, 0) is 0 Å². The average molecular weight is 336 g/mol. The number of hydrogen-bond donors (Lipinski definition) is 0. The van der Waals surface area contributed by atoms with Crippen LogP contribution in [-0.4, -0.2) is 0 Å². The molecule has 128 valence electrons. The molecule has 0 bridgehead atoms. The zero-order valence-corrected chi connectivity index (χ0v) is 15.8. The van der Waals surface area contributed by atoms with Crippen LogP contribution in [0.2, 0.25) is 0 Å². The summed E-state index contributed by atoms with van der Waals surface area (Å²) in [6.07, 6.45) is 6.39. The van der Waals surface area contributed by atoms with E-state index in [0.717, 1.165) is 5.57 Å². The first kappa shape index (κ1) is 16.6. The molecule has 1 atom stereocenters. The van der Waals surface area contributed by atoms with E-state index in [-0.39, 0.29) is 5.41 Å². The largest absolute Gasteiger partial charge is 0.0985 e. The highest BCUT2D eigenvalue weighted by atomic mass is 14.6. The second kappa shape index (κ2) is 5.85. The fraction of sp³-hybridized carbons (Fsp3) is 0.154. The van der Waals surface area contributed by atoms with Crippen LogP contribution in [0, 0.1) is 19.3 Å². The molecule has 0 nitrogen and oxygen atoms in total. The van der Waals surface area contributed by atoms with Gasteiger partial charge in [0.2, 0.25) is 0 Å². The predicted octanol–water partition coefficient (Wildman–Crippen LogP) is 6.84. The van der Waals surface area contributed by atoms with E-state index in [2.05, 4.69) is 94.6 Å². The van der Waals surface area contributed by atoms with Crippen molar-refractivity contribution in [3.8, 4) is 0 Å². The van der Waals surface area contributed by atoms with Gasteiger partial charge in [0.1, 0.15) is 0 Å². The minimum Gasteiger partial charge on any atom is -0.0985 e. The van der Waals surface area contributed by atoms with Gasteiger partial charge in [0, 0.05) is 5.41 Å². The number of aryl methyl sites for hydroxylation is 2. The van der Waals surface area contributed by atoms with Crippen LogP contribution in [0.5, 0.6) is 0 Å². The molecule has 4 rings (SSSR count). The molecular weight excluding hydrogens is 312 g/mol. The molecule has 2 aliphatic carbocycles. The Kier molecular flexibility index (Phi) is 3.73. The lowest BCUT2D eigenvalue weighted by Crippen LogP contribution is -1.98. The normalized spacial score (nSPS) is 22.3. The molecule has 0 spiro atoms. The van der Waals surface area contributed by atoms with E-state index in [1.165, 1.54) is 44.5 Å². The van der Waals surface area contributed by atoms with Gasteiger partial charge in [-0.3, -0.25) is 0 Å². The standard InChI is InChI=1S/C26H24/c1-6-17(2)15-24-25-22(20-11-7-18(3)8-12-20)16-23(26(24,25)5)21-13-9-19(4)10-14-21/h6-16H,1-2H2,3-5H3/b24-15-. The van der Waals surface area contributed by atoms with Crippen molar-refractivity contribution < 1.29 is 0 Å². The fourth-order valence-electron chi connectivity index (χ4n) is 3.98. The Labute approximate surface area is 156 Å². The molecule has 2 aromatic carbocycles. The maximum atomic E-state index is 4.09. The van der Waals surface area contributed by atoms with Crippen LogP contribution in [0.3, 0.4) is 0 Å². The highest BCUT2D eigenvalue weighted by molar-refractivity contribution is 6.07. The van der Waals surface area contributed by atoms with Crippen molar-refractivity contribution in [2.24, 2.45) is 5.41 Å².